The van der Waals surface area contributed by atoms with E-state index < -0.39 is 0 Å². The lowest BCUT2D eigenvalue weighted by atomic mass is 9.97. The lowest BCUT2D eigenvalue weighted by Crippen LogP contribution is -2.11. The normalized spacial score (nSPS) is 10.8. The highest BCUT2D eigenvalue weighted by Gasteiger charge is 2.14. The van der Waals surface area contributed by atoms with Crippen molar-refractivity contribution in [2.75, 3.05) is 19.0 Å². The Hall–Kier alpha value is -2.46. The maximum atomic E-state index is 10.3. The zero-order valence-corrected chi connectivity index (χ0v) is 15.5. The number of aromatic hydroxyl groups is 1. The van der Waals surface area contributed by atoms with Gasteiger partial charge in [-0.2, -0.15) is 0 Å². The van der Waals surface area contributed by atoms with Gasteiger partial charge in [-0.1, -0.05) is 39.5 Å². The highest BCUT2D eigenvalue weighted by Crippen LogP contribution is 2.36. The Bertz CT molecular complexity index is 721. The van der Waals surface area contributed by atoms with Gasteiger partial charge in [0.2, 0.25) is 0 Å². The molecule has 4 heteroatoms. The van der Waals surface area contributed by atoms with Crippen molar-refractivity contribution in [3.05, 3.63) is 59.7 Å². The highest BCUT2D eigenvalue weighted by atomic mass is 16.5. The van der Waals surface area contributed by atoms with Crippen molar-refractivity contribution in [3.8, 4) is 11.5 Å². The van der Waals surface area contributed by atoms with E-state index in [0.29, 0.717) is 17.0 Å². The standard InChI is InChI=1S/C21H28N2O2/c1-6-22-13-16-7-9-17(10-8-16)23-15(4)19-11-18(14(2)3)21(25-5)12-20(19)24/h7-12,14,22-24H,4,6,13H2,1-3,5H3. The van der Waals surface area contributed by atoms with Crippen LogP contribution in [0.1, 0.15) is 43.4 Å². The fourth-order valence-electron chi connectivity index (χ4n) is 2.67. The Morgan fingerprint density at radius 2 is 1.88 bits per heavy atom. The minimum atomic E-state index is 0.155. The quantitative estimate of drug-likeness (QED) is 0.651. The number of phenols is 1. The molecule has 2 aromatic rings. The highest BCUT2D eigenvalue weighted by molar-refractivity contribution is 5.79. The summed E-state index contributed by atoms with van der Waals surface area (Å²) in [7, 11) is 1.61. The third-order valence-corrected chi connectivity index (χ3v) is 4.12. The second-order valence-electron chi connectivity index (χ2n) is 6.35. The maximum absolute atomic E-state index is 10.3. The van der Waals surface area contributed by atoms with Crippen molar-refractivity contribution in [1.82, 2.24) is 5.32 Å². The zero-order chi connectivity index (χ0) is 18.4. The smallest absolute Gasteiger partial charge is 0.128 e. The predicted octanol–water partition coefficient (Wildman–Crippen LogP) is 4.72. The first kappa shape index (κ1) is 18.9. The van der Waals surface area contributed by atoms with Gasteiger partial charge in [-0.25, -0.2) is 0 Å². The first-order valence-corrected chi connectivity index (χ1v) is 8.63. The molecule has 0 saturated carbocycles. The summed E-state index contributed by atoms with van der Waals surface area (Å²) in [6, 6.07) is 11.8. The van der Waals surface area contributed by atoms with E-state index in [1.54, 1.807) is 13.2 Å². The number of hydrogen-bond donors (Lipinski definition) is 3. The van der Waals surface area contributed by atoms with Crippen LogP contribution in [-0.4, -0.2) is 18.8 Å². The predicted molar refractivity (Wildman–Crippen MR) is 105 cm³/mol. The minimum Gasteiger partial charge on any atom is -0.507 e. The molecule has 0 radical (unpaired) electrons. The number of anilines is 1. The van der Waals surface area contributed by atoms with Gasteiger partial charge in [-0.05, 0) is 41.8 Å². The molecule has 4 nitrogen and oxygen atoms in total. The molecule has 0 spiro atoms. The monoisotopic (exact) mass is 340 g/mol. The minimum absolute atomic E-state index is 0.155. The summed E-state index contributed by atoms with van der Waals surface area (Å²) < 4.78 is 5.37. The van der Waals surface area contributed by atoms with Gasteiger partial charge in [-0.15, -0.1) is 0 Å². The third kappa shape index (κ3) is 4.77. The van der Waals surface area contributed by atoms with Crippen LogP contribution < -0.4 is 15.4 Å². The average molecular weight is 340 g/mol. The fraction of sp³-hybridized carbons (Fsp3) is 0.333. The number of benzene rings is 2. The van der Waals surface area contributed by atoms with Gasteiger partial charge in [0.1, 0.15) is 11.5 Å². The van der Waals surface area contributed by atoms with Gasteiger partial charge in [0.25, 0.3) is 0 Å². The Balaban J connectivity index is 2.19. The summed E-state index contributed by atoms with van der Waals surface area (Å²) in [4.78, 5) is 0. The van der Waals surface area contributed by atoms with Crippen molar-refractivity contribution in [2.24, 2.45) is 0 Å². The molecule has 0 aliphatic heterocycles. The molecule has 0 bridgehead atoms. The van der Waals surface area contributed by atoms with E-state index in [1.807, 2.05) is 18.2 Å². The van der Waals surface area contributed by atoms with Gasteiger partial charge >= 0.3 is 0 Å². The van der Waals surface area contributed by atoms with Crippen LogP contribution in [0.2, 0.25) is 0 Å². The molecule has 2 aromatic carbocycles. The van der Waals surface area contributed by atoms with E-state index in [-0.39, 0.29) is 11.7 Å². The Kier molecular flexibility index (Phi) is 6.48. The molecule has 0 fully saturated rings. The van der Waals surface area contributed by atoms with Gasteiger partial charge in [-0.3, -0.25) is 0 Å². The zero-order valence-electron chi connectivity index (χ0n) is 15.5. The summed E-state index contributed by atoms with van der Waals surface area (Å²) >= 11 is 0. The Morgan fingerprint density at radius 3 is 2.44 bits per heavy atom. The topological polar surface area (TPSA) is 53.5 Å². The Morgan fingerprint density at radius 1 is 1.20 bits per heavy atom. The molecular weight excluding hydrogens is 312 g/mol. The second kappa shape index (κ2) is 8.58. The van der Waals surface area contributed by atoms with E-state index in [4.69, 9.17) is 4.74 Å². The lowest BCUT2D eigenvalue weighted by molar-refractivity contribution is 0.400. The molecule has 0 aromatic heterocycles. The van der Waals surface area contributed by atoms with E-state index in [0.717, 1.165) is 24.3 Å². The van der Waals surface area contributed by atoms with Crippen molar-refractivity contribution in [1.29, 1.82) is 0 Å². The van der Waals surface area contributed by atoms with Gasteiger partial charge in [0.05, 0.1) is 7.11 Å². The van der Waals surface area contributed by atoms with Crippen LogP contribution in [0.3, 0.4) is 0 Å². The SMILES string of the molecule is C=C(Nc1ccc(CNCC)cc1)c1cc(C(C)C)c(OC)cc1O. The van der Waals surface area contributed by atoms with Gasteiger partial charge < -0.3 is 20.5 Å². The van der Waals surface area contributed by atoms with Crippen LogP contribution in [0.4, 0.5) is 5.69 Å². The molecule has 25 heavy (non-hydrogen) atoms. The largest absolute Gasteiger partial charge is 0.507 e. The number of hydrogen-bond acceptors (Lipinski definition) is 4. The number of ether oxygens (including phenoxy) is 1. The summed E-state index contributed by atoms with van der Waals surface area (Å²) in [5, 5.41) is 16.9. The first-order chi connectivity index (χ1) is 12.0. The van der Waals surface area contributed by atoms with Crippen LogP contribution in [-0.2, 0) is 6.54 Å². The molecule has 0 heterocycles. The van der Waals surface area contributed by atoms with Crippen LogP contribution in [0.15, 0.2) is 43.0 Å². The lowest BCUT2D eigenvalue weighted by Gasteiger charge is -2.17. The summed E-state index contributed by atoms with van der Waals surface area (Å²) in [6.45, 7) is 12.2. The van der Waals surface area contributed by atoms with Crippen LogP contribution in [0.25, 0.3) is 5.70 Å². The van der Waals surface area contributed by atoms with Crippen molar-refractivity contribution in [2.45, 2.75) is 33.2 Å². The molecule has 134 valence electrons. The Labute approximate surface area is 150 Å². The molecule has 2 rings (SSSR count). The molecule has 0 amide bonds. The summed E-state index contributed by atoms with van der Waals surface area (Å²) in [6.07, 6.45) is 0. The summed E-state index contributed by atoms with van der Waals surface area (Å²) in [5.74, 6) is 1.13. The van der Waals surface area contributed by atoms with E-state index in [9.17, 15) is 5.11 Å². The molecule has 0 aliphatic carbocycles. The number of phenolic OH excluding ortho intramolecular Hbond substituents is 1. The van der Waals surface area contributed by atoms with Crippen molar-refractivity contribution >= 4 is 11.4 Å². The first-order valence-electron chi connectivity index (χ1n) is 8.63. The second-order valence-corrected chi connectivity index (χ2v) is 6.35. The third-order valence-electron chi connectivity index (χ3n) is 4.12. The van der Waals surface area contributed by atoms with E-state index >= 15 is 0 Å². The van der Waals surface area contributed by atoms with Crippen LogP contribution >= 0.6 is 0 Å². The van der Waals surface area contributed by atoms with E-state index in [2.05, 4.69) is 50.1 Å². The van der Waals surface area contributed by atoms with Gasteiger partial charge in [0.15, 0.2) is 0 Å². The van der Waals surface area contributed by atoms with Crippen molar-refractivity contribution in [3.63, 3.8) is 0 Å². The maximum Gasteiger partial charge on any atom is 0.128 e. The average Bonchev–Trinajstić information content (AvgIpc) is 2.60. The molecule has 3 N–H and O–H groups in total. The number of nitrogens with one attached hydrogen (secondary N) is 2. The number of rotatable bonds is 8. The summed E-state index contributed by atoms with van der Waals surface area (Å²) in [5.41, 5.74) is 4.54. The molecule has 0 aliphatic rings. The molecule has 0 unspecified atom stereocenters. The molecular formula is C21H28N2O2. The van der Waals surface area contributed by atoms with Crippen LogP contribution in [0.5, 0.6) is 11.5 Å². The van der Waals surface area contributed by atoms with E-state index in [1.165, 1.54) is 5.56 Å². The fourth-order valence-corrected chi connectivity index (χ4v) is 2.67. The number of methoxy groups -OCH3 is 1. The van der Waals surface area contributed by atoms with Gasteiger partial charge in [0, 0.05) is 29.6 Å². The molecule has 0 atom stereocenters. The van der Waals surface area contributed by atoms with Crippen molar-refractivity contribution < 1.29 is 9.84 Å². The van der Waals surface area contributed by atoms with Crippen LogP contribution in [0, 0.1) is 0 Å². The molecule has 0 saturated heterocycles.